The van der Waals surface area contributed by atoms with Crippen LogP contribution in [0.4, 0.5) is 0 Å². The molecule has 0 aliphatic heterocycles. The van der Waals surface area contributed by atoms with Gasteiger partial charge in [-0.15, -0.1) is 0 Å². The fraction of sp³-hybridized carbons (Fsp3) is 0.294. The Kier molecular flexibility index (Phi) is 6.52. The van der Waals surface area contributed by atoms with E-state index in [-0.39, 0.29) is 17.2 Å². The minimum Gasteiger partial charge on any atom is -0.493 e. The molecule has 0 aliphatic carbocycles. The summed E-state index contributed by atoms with van der Waals surface area (Å²) < 4.78 is 43.6. The molecule has 6 nitrogen and oxygen atoms in total. The van der Waals surface area contributed by atoms with Crippen molar-refractivity contribution in [3.05, 3.63) is 47.0 Å². The minimum absolute atomic E-state index is 0.00215. The van der Waals surface area contributed by atoms with Crippen LogP contribution < -0.4 is 18.9 Å². The lowest BCUT2D eigenvalue weighted by molar-refractivity contribution is 0.331. The summed E-state index contributed by atoms with van der Waals surface area (Å²) in [6.45, 7) is 2.21. The second kappa shape index (κ2) is 8.42. The Morgan fingerprint density at radius 2 is 1.68 bits per heavy atom. The van der Waals surface area contributed by atoms with Gasteiger partial charge < -0.3 is 14.2 Å². The van der Waals surface area contributed by atoms with Crippen LogP contribution in [0.5, 0.6) is 17.2 Å². The lowest BCUT2D eigenvalue weighted by Crippen LogP contribution is -2.24. The largest absolute Gasteiger partial charge is 0.493 e. The topological polar surface area (TPSA) is 73.9 Å². The number of methoxy groups -OCH3 is 2. The Morgan fingerprint density at radius 1 is 1.00 bits per heavy atom. The van der Waals surface area contributed by atoms with Crippen LogP contribution in [0.2, 0.25) is 5.02 Å². The van der Waals surface area contributed by atoms with E-state index in [0.29, 0.717) is 23.1 Å². The van der Waals surface area contributed by atoms with E-state index in [4.69, 9.17) is 25.8 Å². The number of sulfonamides is 1. The molecule has 2 aromatic carbocycles. The van der Waals surface area contributed by atoms with Crippen LogP contribution >= 0.6 is 11.6 Å². The van der Waals surface area contributed by atoms with Crippen molar-refractivity contribution in [3.8, 4) is 17.2 Å². The van der Waals surface area contributed by atoms with Crippen LogP contribution in [0.15, 0.2) is 41.3 Å². The van der Waals surface area contributed by atoms with Gasteiger partial charge in [-0.1, -0.05) is 17.7 Å². The Labute approximate surface area is 152 Å². The maximum atomic E-state index is 12.6. The third-order valence-corrected chi connectivity index (χ3v) is 5.07. The van der Waals surface area contributed by atoms with Crippen LogP contribution in [0.1, 0.15) is 12.5 Å². The summed E-state index contributed by atoms with van der Waals surface area (Å²) in [4.78, 5) is 0.00215. The summed E-state index contributed by atoms with van der Waals surface area (Å²) in [5.74, 6) is 1.35. The first kappa shape index (κ1) is 19.4. The monoisotopic (exact) mass is 385 g/mol. The van der Waals surface area contributed by atoms with Crippen molar-refractivity contribution in [3.63, 3.8) is 0 Å². The van der Waals surface area contributed by atoms with Crippen LogP contribution in [0.25, 0.3) is 0 Å². The predicted molar refractivity (Wildman–Crippen MR) is 96.2 cm³/mol. The third-order valence-electron chi connectivity index (χ3n) is 3.41. The van der Waals surface area contributed by atoms with Gasteiger partial charge in [-0.05, 0) is 42.8 Å². The molecular weight excluding hydrogens is 366 g/mol. The molecule has 0 radical (unpaired) electrons. The van der Waals surface area contributed by atoms with Gasteiger partial charge in [0.2, 0.25) is 10.0 Å². The van der Waals surface area contributed by atoms with E-state index in [1.165, 1.54) is 26.4 Å². The molecule has 0 saturated heterocycles. The molecule has 0 aliphatic rings. The fourth-order valence-corrected chi connectivity index (χ4v) is 3.64. The lowest BCUT2D eigenvalue weighted by atomic mass is 10.2. The molecule has 25 heavy (non-hydrogen) atoms. The summed E-state index contributed by atoms with van der Waals surface area (Å²) in [7, 11) is -0.744. The zero-order chi connectivity index (χ0) is 18.4. The first-order chi connectivity index (χ1) is 11.9. The molecule has 0 bridgehead atoms. The molecular formula is C17H20ClNO5S. The van der Waals surface area contributed by atoms with Gasteiger partial charge in [0, 0.05) is 11.6 Å². The average Bonchev–Trinajstić information content (AvgIpc) is 2.61. The number of benzene rings is 2. The highest BCUT2D eigenvalue weighted by Crippen LogP contribution is 2.29. The highest BCUT2D eigenvalue weighted by molar-refractivity contribution is 7.89. The van der Waals surface area contributed by atoms with E-state index in [1.54, 1.807) is 31.2 Å². The van der Waals surface area contributed by atoms with Crippen molar-refractivity contribution < 1.29 is 22.6 Å². The smallest absolute Gasteiger partial charge is 0.244 e. The van der Waals surface area contributed by atoms with Crippen molar-refractivity contribution in [2.45, 2.75) is 18.4 Å². The molecule has 0 fully saturated rings. The van der Waals surface area contributed by atoms with E-state index in [0.717, 1.165) is 5.56 Å². The molecule has 136 valence electrons. The molecule has 8 heteroatoms. The summed E-state index contributed by atoms with van der Waals surface area (Å²) in [5.41, 5.74) is 0.723. The molecule has 2 rings (SSSR count). The zero-order valence-corrected chi connectivity index (χ0v) is 15.8. The Bertz CT molecular complexity index is 839. The van der Waals surface area contributed by atoms with Crippen LogP contribution in [0, 0.1) is 0 Å². The number of hydrogen-bond acceptors (Lipinski definition) is 5. The average molecular weight is 386 g/mol. The van der Waals surface area contributed by atoms with E-state index in [2.05, 4.69) is 4.72 Å². The van der Waals surface area contributed by atoms with Crippen molar-refractivity contribution in [2.24, 2.45) is 0 Å². The predicted octanol–water partition coefficient (Wildman–Crippen LogP) is 3.23. The van der Waals surface area contributed by atoms with E-state index < -0.39 is 10.0 Å². The standard InChI is InChI=1S/C17H20ClNO5S/c1-4-24-15-8-6-13(18)10-17(15)25(20,21)19-11-12-5-7-14(22-2)16(9-12)23-3/h5-10,19H,4,11H2,1-3H3. The van der Waals surface area contributed by atoms with Gasteiger partial charge in [-0.2, -0.15) is 0 Å². The second-order valence-electron chi connectivity index (χ2n) is 5.04. The Balaban J connectivity index is 2.24. The molecule has 0 heterocycles. The van der Waals surface area contributed by atoms with E-state index in [1.807, 2.05) is 0 Å². The van der Waals surface area contributed by atoms with Gasteiger partial charge in [0.15, 0.2) is 11.5 Å². The van der Waals surface area contributed by atoms with Gasteiger partial charge in [0.25, 0.3) is 0 Å². The molecule has 0 atom stereocenters. The van der Waals surface area contributed by atoms with Gasteiger partial charge in [0.1, 0.15) is 10.6 Å². The van der Waals surface area contributed by atoms with Gasteiger partial charge in [0.05, 0.1) is 20.8 Å². The third kappa shape index (κ3) is 4.78. The number of ether oxygens (including phenoxy) is 3. The fourth-order valence-electron chi connectivity index (χ4n) is 2.21. The number of nitrogens with one attached hydrogen (secondary N) is 1. The van der Waals surface area contributed by atoms with Gasteiger partial charge in [-0.3, -0.25) is 0 Å². The van der Waals surface area contributed by atoms with E-state index >= 15 is 0 Å². The molecule has 0 aromatic heterocycles. The van der Waals surface area contributed by atoms with Crippen LogP contribution in [-0.2, 0) is 16.6 Å². The number of rotatable bonds is 8. The summed E-state index contributed by atoms with van der Waals surface area (Å²) in [6.07, 6.45) is 0. The SMILES string of the molecule is CCOc1ccc(Cl)cc1S(=O)(=O)NCc1ccc(OC)c(OC)c1. The molecule has 1 N–H and O–H groups in total. The first-order valence-electron chi connectivity index (χ1n) is 7.54. The molecule has 2 aromatic rings. The van der Waals surface area contributed by atoms with Crippen LogP contribution in [0.3, 0.4) is 0 Å². The number of halogens is 1. The summed E-state index contributed by atoms with van der Waals surface area (Å²) in [6, 6.07) is 9.67. The quantitative estimate of drug-likeness (QED) is 0.755. The van der Waals surface area contributed by atoms with E-state index in [9.17, 15) is 8.42 Å². The highest BCUT2D eigenvalue weighted by atomic mass is 35.5. The van der Waals surface area contributed by atoms with Gasteiger partial charge >= 0.3 is 0 Å². The maximum Gasteiger partial charge on any atom is 0.244 e. The minimum atomic E-state index is -3.80. The molecule has 0 unspecified atom stereocenters. The van der Waals surface area contributed by atoms with Crippen molar-refractivity contribution >= 4 is 21.6 Å². The zero-order valence-electron chi connectivity index (χ0n) is 14.2. The molecule has 0 amide bonds. The van der Waals surface area contributed by atoms with Crippen LogP contribution in [-0.4, -0.2) is 29.2 Å². The molecule has 0 spiro atoms. The van der Waals surface area contributed by atoms with Crippen molar-refractivity contribution in [1.82, 2.24) is 4.72 Å². The summed E-state index contributed by atoms with van der Waals surface area (Å²) >= 11 is 5.93. The maximum absolute atomic E-state index is 12.6. The summed E-state index contributed by atoms with van der Waals surface area (Å²) in [5, 5.41) is 0.315. The van der Waals surface area contributed by atoms with Crippen molar-refractivity contribution in [2.75, 3.05) is 20.8 Å². The molecule has 0 saturated carbocycles. The lowest BCUT2D eigenvalue weighted by Gasteiger charge is -2.13. The van der Waals surface area contributed by atoms with Gasteiger partial charge in [-0.25, -0.2) is 13.1 Å². The number of hydrogen-bond donors (Lipinski definition) is 1. The highest BCUT2D eigenvalue weighted by Gasteiger charge is 2.20. The Morgan fingerprint density at radius 3 is 2.32 bits per heavy atom. The second-order valence-corrected chi connectivity index (χ2v) is 7.21. The van der Waals surface area contributed by atoms with Crippen molar-refractivity contribution in [1.29, 1.82) is 0 Å². The Hall–Kier alpha value is -1.96. The normalized spacial score (nSPS) is 11.2. The first-order valence-corrected chi connectivity index (χ1v) is 9.40.